The van der Waals surface area contributed by atoms with Crippen molar-refractivity contribution in [3.8, 4) is 0 Å². The van der Waals surface area contributed by atoms with E-state index in [-0.39, 0.29) is 36.5 Å². The van der Waals surface area contributed by atoms with Gasteiger partial charge >= 0.3 is 12.4 Å². The lowest BCUT2D eigenvalue weighted by Gasteiger charge is -2.42. The molecule has 1 aliphatic rings. The van der Waals surface area contributed by atoms with Crippen LogP contribution < -0.4 is 0 Å². The number of rotatable bonds is 6. The molecule has 5 rings (SSSR count). The van der Waals surface area contributed by atoms with Crippen molar-refractivity contribution < 1.29 is 31.1 Å². The van der Waals surface area contributed by atoms with Gasteiger partial charge < -0.3 is 9.88 Å². The molecule has 2 heterocycles. The number of aromatic nitrogens is 1. The first kappa shape index (κ1) is 27.8. The number of nitrogens with zero attached hydrogens (tertiary/aromatic N) is 2. The Kier molecular flexibility index (Phi) is 7.63. The molecule has 40 heavy (non-hydrogen) atoms. The Bertz CT molecular complexity index is 1450. The van der Waals surface area contributed by atoms with Crippen molar-refractivity contribution >= 4 is 16.8 Å². The number of hydrogen-bond donors (Lipinski definition) is 1. The molecular weight excluding hydrogens is 532 g/mol. The van der Waals surface area contributed by atoms with Gasteiger partial charge in [0.2, 0.25) is 5.91 Å². The van der Waals surface area contributed by atoms with Crippen molar-refractivity contribution in [2.45, 2.75) is 37.8 Å². The molecular formula is C30H27F6N3O. The summed E-state index contributed by atoms with van der Waals surface area (Å²) in [5.41, 5.74) is 0.0267. The van der Waals surface area contributed by atoms with Gasteiger partial charge in [-0.2, -0.15) is 26.3 Å². The summed E-state index contributed by atoms with van der Waals surface area (Å²) in [6, 6.07) is 18.5. The fourth-order valence-corrected chi connectivity index (χ4v) is 5.31. The highest BCUT2D eigenvalue weighted by atomic mass is 19.4. The quantitative estimate of drug-likeness (QED) is 0.267. The summed E-state index contributed by atoms with van der Waals surface area (Å²) in [6.07, 6.45) is -7.33. The van der Waals surface area contributed by atoms with Gasteiger partial charge in [0.15, 0.2) is 0 Å². The highest BCUT2D eigenvalue weighted by molar-refractivity contribution is 5.89. The molecule has 1 aliphatic heterocycles. The third-order valence-corrected chi connectivity index (χ3v) is 7.32. The van der Waals surface area contributed by atoms with Crippen LogP contribution in [-0.4, -0.2) is 46.4 Å². The van der Waals surface area contributed by atoms with Gasteiger partial charge in [-0.05, 0) is 47.4 Å². The Morgan fingerprint density at radius 3 is 2.15 bits per heavy atom. The third-order valence-electron chi connectivity index (χ3n) is 7.32. The molecule has 1 N–H and O–H groups in total. The van der Waals surface area contributed by atoms with Gasteiger partial charge in [-0.1, -0.05) is 48.5 Å². The van der Waals surface area contributed by atoms with E-state index in [2.05, 4.69) is 4.98 Å². The molecule has 4 aromatic rings. The Morgan fingerprint density at radius 2 is 1.48 bits per heavy atom. The largest absolute Gasteiger partial charge is 0.416 e. The van der Waals surface area contributed by atoms with Crippen LogP contribution in [-0.2, 0) is 36.5 Å². The highest BCUT2D eigenvalue weighted by Gasteiger charge is 2.37. The zero-order valence-corrected chi connectivity index (χ0v) is 21.4. The Hall–Kier alpha value is -3.79. The maximum absolute atomic E-state index is 13.4. The van der Waals surface area contributed by atoms with Crippen molar-refractivity contribution in [2.75, 3.05) is 19.6 Å². The summed E-state index contributed by atoms with van der Waals surface area (Å²) in [4.78, 5) is 20.1. The van der Waals surface area contributed by atoms with E-state index in [1.165, 1.54) is 0 Å². The number of halogens is 6. The number of carbonyl (C=O) groups excluding carboxylic acids is 1. The fourth-order valence-electron chi connectivity index (χ4n) is 5.31. The molecule has 1 fully saturated rings. The molecule has 0 saturated carbocycles. The van der Waals surface area contributed by atoms with Crippen LogP contribution in [0.1, 0.15) is 27.8 Å². The van der Waals surface area contributed by atoms with Crippen molar-refractivity contribution in [3.05, 3.63) is 107 Å². The van der Waals surface area contributed by atoms with Gasteiger partial charge in [0.25, 0.3) is 0 Å². The van der Waals surface area contributed by atoms with E-state index in [9.17, 15) is 31.1 Å². The molecule has 0 aliphatic carbocycles. The number of alkyl halides is 6. The fraction of sp³-hybridized carbons (Fsp3) is 0.300. The Labute approximate surface area is 227 Å². The van der Waals surface area contributed by atoms with Crippen LogP contribution in [0.5, 0.6) is 0 Å². The van der Waals surface area contributed by atoms with E-state index in [0.29, 0.717) is 26.1 Å². The maximum Gasteiger partial charge on any atom is 0.416 e. The second-order valence-electron chi connectivity index (χ2n) is 10.1. The summed E-state index contributed by atoms with van der Waals surface area (Å²) < 4.78 is 80.7. The minimum absolute atomic E-state index is 0.0706. The molecule has 0 radical (unpaired) electrons. The number of piperazine rings is 1. The number of H-pyrrole nitrogens is 1. The van der Waals surface area contributed by atoms with Crippen molar-refractivity contribution in [2.24, 2.45) is 0 Å². The van der Waals surface area contributed by atoms with Gasteiger partial charge in [0, 0.05) is 49.3 Å². The number of hydrogen-bond acceptors (Lipinski definition) is 2. The molecule has 0 unspecified atom stereocenters. The second-order valence-corrected chi connectivity index (χ2v) is 10.1. The summed E-state index contributed by atoms with van der Waals surface area (Å²) in [5, 5.41) is 0.959. The van der Waals surface area contributed by atoms with E-state index >= 15 is 0 Å². The molecule has 10 heteroatoms. The van der Waals surface area contributed by atoms with Gasteiger partial charge in [0.05, 0.1) is 17.5 Å². The summed E-state index contributed by atoms with van der Waals surface area (Å²) in [5.74, 6) is -0.0825. The number of carbonyl (C=O) groups is 1. The van der Waals surface area contributed by atoms with E-state index in [4.69, 9.17) is 0 Å². The molecule has 4 nitrogen and oxygen atoms in total. The van der Waals surface area contributed by atoms with Gasteiger partial charge in [-0.25, -0.2) is 0 Å². The maximum atomic E-state index is 13.4. The number of fused-ring (bicyclic) bond motifs is 1. The van der Waals surface area contributed by atoms with E-state index < -0.39 is 23.5 Å². The molecule has 0 bridgehead atoms. The molecule has 1 aromatic heterocycles. The van der Waals surface area contributed by atoms with Crippen molar-refractivity contribution in [3.63, 3.8) is 0 Å². The number of para-hydroxylation sites is 1. The predicted molar refractivity (Wildman–Crippen MR) is 139 cm³/mol. The lowest BCUT2D eigenvalue weighted by Crippen LogP contribution is -2.55. The molecule has 3 aromatic carbocycles. The molecule has 1 atom stereocenters. The summed E-state index contributed by atoms with van der Waals surface area (Å²) in [6.45, 7) is 0.836. The minimum Gasteiger partial charge on any atom is -0.361 e. The average molecular weight is 560 g/mol. The van der Waals surface area contributed by atoms with Crippen molar-refractivity contribution in [1.29, 1.82) is 0 Å². The smallest absolute Gasteiger partial charge is 0.361 e. The number of nitrogens with one attached hydrogen (secondary N) is 1. The second kappa shape index (κ2) is 11.0. The molecule has 1 saturated heterocycles. The summed E-state index contributed by atoms with van der Waals surface area (Å²) >= 11 is 0. The monoisotopic (exact) mass is 559 g/mol. The van der Waals surface area contributed by atoms with Crippen LogP contribution in [0.4, 0.5) is 26.3 Å². The van der Waals surface area contributed by atoms with Crippen molar-refractivity contribution in [1.82, 2.24) is 14.8 Å². The number of benzene rings is 3. The first-order valence-corrected chi connectivity index (χ1v) is 12.9. The van der Waals surface area contributed by atoms with Crippen LogP contribution in [0.3, 0.4) is 0 Å². The van der Waals surface area contributed by atoms with Crippen LogP contribution in [0, 0.1) is 0 Å². The Morgan fingerprint density at radius 1 is 0.825 bits per heavy atom. The van der Waals surface area contributed by atoms with Crippen LogP contribution in [0.25, 0.3) is 10.9 Å². The van der Waals surface area contributed by atoms with Gasteiger partial charge in [-0.15, -0.1) is 0 Å². The molecule has 0 spiro atoms. The van der Waals surface area contributed by atoms with Gasteiger partial charge in [-0.3, -0.25) is 9.69 Å². The molecule has 1 amide bonds. The van der Waals surface area contributed by atoms with Crippen LogP contribution >= 0.6 is 0 Å². The van der Waals surface area contributed by atoms with E-state index in [1.54, 1.807) is 4.90 Å². The topological polar surface area (TPSA) is 39.3 Å². The average Bonchev–Trinajstić information content (AvgIpc) is 3.32. The first-order valence-electron chi connectivity index (χ1n) is 12.9. The SMILES string of the molecule is O=C(Cc1c[nH]c2ccccc12)N1CCN(Cc2cc(C(F)(F)F)cc(C(F)(F)F)c2)[C@H](Cc2ccccc2)C1. The number of aromatic amines is 1. The highest BCUT2D eigenvalue weighted by Crippen LogP contribution is 2.37. The Balaban J connectivity index is 1.38. The standard InChI is InChI=1S/C30H27F6N3O/c31-29(32,33)23-12-21(13-24(16-23)30(34,35)36)18-38-10-11-39(19-25(38)14-20-6-2-1-3-7-20)28(40)15-22-17-37-27-9-5-4-8-26(22)27/h1-9,12-13,16-17,25,37H,10-11,14-15,18-19H2/t25-/m1/s1. The van der Waals surface area contributed by atoms with E-state index in [1.807, 2.05) is 65.7 Å². The zero-order valence-electron chi connectivity index (χ0n) is 21.4. The van der Waals surface area contributed by atoms with Gasteiger partial charge in [0.1, 0.15) is 0 Å². The zero-order chi connectivity index (χ0) is 28.5. The predicted octanol–water partition coefficient (Wildman–Crippen LogP) is 6.70. The first-order chi connectivity index (χ1) is 19.0. The normalized spacial score (nSPS) is 16.9. The van der Waals surface area contributed by atoms with Crippen LogP contribution in [0.15, 0.2) is 79.0 Å². The van der Waals surface area contributed by atoms with Crippen LogP contribution in [0.2, 0.25) is 0 Å². The summed E-state index contributed by atoms with van der Waals surface area (Å²) in [7, 11) is 0. The minimum atomic E-state index is -4.91. The van der Waals surface area contributed by atoms with E-state index in [0.717, 1.165) is 34.2 Å². The lowest BCUT2D eigenvalue weighted by molar-refractivity contribution is -0.143. The molecule has 210 valence electrons. The third kappa shape index (κ3) is 6.33. The lowest BCUT2D eigenvalue weighted by atomic mass is 9.99. The number of amides is 1.